The number of rotatable bonds is 2. The van der Waals surface area contributed by atoms with Crippen LogP contribution in [0.2, 0.25) is 0 Å². The van der Waals surface area contributed by atoms with Crippen LogP contribution in [0.4, 0.5) is 0 Å². The quantitative estimate of drug-likeness (QED) is 0.778. The van der Waals surface area contributed by atoms with Gasteiger partial charge in [0.2, 0.25) is 10.0 Å². The Morgan fingerprint density at radius 3 is 3.00 bits per heavy atom. The van der Waals surface area contributed by atoms with Crippen molar-refractivity contribution in [2.24, 2.45) is 0 Å². The first-order valence-electron chi connectivity index (χ1n) is 6.91. The number of sulfonamides is 1. The van der Waals surface area contributed by atoms with Crippen molar-refractivity contribution in [2.45, 2.75) is 36.8 Å². The van der Waals surface area contributed by atoms with Crippen molar-refractivity contribution >= 4 is 10.0 Å². The van der Waals surface area contributed by atoms with Crippen molar-refractivity contribution in [1.82, 2.24) is 4.31 Å². The molecule has 1 spiro atoms. The molecule has 3 aliphatic heterocycles. The highest BCUT2D eigenvalue weighted by Crippen LogP contribution is 2.48. The Morgan fingerprint density at radius 2 is 2.30 bits per heavy atom. The second-order valence-corrected chi connectivity index (χ2v) is 8.11. The van der Waals surface area contributed by atoms with E-state index >= 15 is 0 Å². The Balaban J connectivity index is 1.66. The zero-order valence-corrected chi connectivity index (χ0v) is 12.1. The number of ether oxygens (including phenoxy) is 1. The van der Waals surface area contributed by atoms with Gasteiger partial charge in [-0.05, 0) is 18.9 Å². The molecule has 3 aliphatic rings. The predicted octanol–water partition coefficient (Wildman–Crippen LogP) is 1.61. The minimum absolute atomic E-state index is 0.00380. The zero-order chi connectivity index (χ0) is 14.0. The molecular weight excluding hydrogens is 274 g/mol. The van der Waals surface area contributed by atoms with Gasteiger partial charge in [-0.15, -0.1) is 0 Å². The zero-order valence-electron chi connectivity index (χ0n) is 11.3. The fourth-order valence-corrected chi connectivity index (χ4v) is 5.84. The molecule has 2 unspecified atom stereocenters. The monoisotopic (exact) mass is 291 g/mol. The summed E-state index contributed by atoms with van der Waals surface area (Å²) >= 11 is 0. The highest BCUT2D eigenvalue weighted by molar-refractivity contribution is 7.90. The van der Waals surface area contributed by atoms with Gasteiger partial charge in [0.05, 0.1) is 6.10 Å². The number of fused-ring (bicyclic) bond motifs is 1. The van der Waals surface area contributed by atoms with Crippen LogP contribution in [0.1, 0.15) is 17.5 Å². The van der Waals surface area contributed by atoms with E-state index in [0.29, 0.717) is 19.5 Å². The van der Waals surface area contributed by atoms with E-state index in [1.54, 1.807) is 4.31 Å². The van der Waals surface area contributed by atoms with E-state index in [1.165, 1.54) is 0 Å². The molecule has 4 nitrogen and oxygen atoms in total. The molecule has 1 aromatic carbocycles. The van der Waals surface area contributed by atoms with Crippen LogP contribution in [0.3, 0.4) is 0 Å². The van der Waals surface area contributed by atoms with Gasteiger partial charge in [0.15, 0.2) is 0 Å². The van der Waals surface area contributed by atoms with Gasteiger partial charge in [0.1, 0.15) is 10.9 Å². The van der Waals surface area contributed by atoms with Crippen molar-refractivity contribution in [1.29, 1.82) is 0 Å². The molecule has 0 amide bonds. The normalized spacial score (nSPS) is 37.5. The van der Waals surface area contributed by atoms with Crippen molar-refractivity contribution in [3.8, 4) is 0 Å². The smallest absolute Gasteiger partial charge is 0.220 e. The Kier molecular flexibility index (Phi) is 2.47. The minimum atomic E-state index is -3.26. The standard InChI is InChI=1S/C15H17NO3S/c1-11-3-2-4-12(7-11)9-16-10-15-6-5-13(19-15)8-14(15)20(16,17)18/h2-7,13-14H,8-10H2,1H3/t13?,14?,15-/m1/s1. The van der Waals surface area contributed by atoms with Crippen LogP contribution in [0.5, 0.6) is 0 Å². The van der Waals surface area contributed by atoms with E-state index in [-0.39, 0.29) is 6.10 Å². The molecule has 0 aromatic heterocycles. The van der Waals surface area contributed by atoms with Crippen molar-refractivity contribution in [2.75, 3.05) is 6.54 Å². The maximum Gasteiger partial charge on any atom is 0.220 e. The Labute approximate surface area is 119 Å². The first-order valence-corrected chi connectivity index (χ1v) is 8.42. The van der Waals surface area contributed by atoms with Crippen molar-refractivity contribution in [3.05, 3.63) is 47.5 Å². The summed E-state index contributed by atoms with van der Waals surface area (Å²) < 4.78 is 32.8. The lowest BCUT2D eigenvalue weighted by atomic mass is 9.94. The topological polar surface area (TPSA) is 46.6 Å². The second-order valence-electron chi connectivity index (χ2n) is 6.00. The van der Waals surface area contributed by atoms with E-state index in [9.17, 15) is 8.42 Å². The van der Waals surface area contributed by atoms with Crippen LogP contribution in [-0.4, -0.2) is 36.2 Å². The van der Waals surface area contributed by atoms with Crippen LogP contribution in [0.25, 0.3) is 0 Å². The summed E-state index contributed by atoms with van der Waals surface area (Å²) in [5.41, 5.74) is 1.59. The van der Waals surface area contributed by atoms with Crippen LogP contribution < -0.4 is 0 Å². The highest BCUT2D eigenvalue weighted by atomic mass is 32.2. The summed E-state index contributed by atoms with van der Waals surface area (Å²) in [6, 6.07) is 8.00. The number of hydrogen-bond donors (Lipinski definition) is 0. The maximum atomic E-state index is 12.7. The fourth-order valence-electron chi connectivity index (χ4n) is 3.62. The number of aryl methyl sites for hydroxylation is 1. The summed E-state index contributed by atoms with van der Waals surface area (Å²) in [5.74, 6) is 0. The molecule has 0 aliphatic carbocycles. The molecular formula is C15H17NO3S. The van der Waals surface area contributed by atoms with Gasteiger partial charge in [-0.1, -0.05) is 42.0 Å². The largest absolute Gasteiger partial charge is 0.361 e. The third-order valence-electron chi connectivity index (χ3n) is 4.54. The SMILES string of the molecule is Cc1cccc(CN2C[C@]34C=CC(CC3S2(=O)=O)O4)c1. The van der Waals surface area contributed by atoms with Crippen LogP contribution in [0, 0.1) is 6.92 Å². The van der Waals surface area contributed by atoms with Crippen molar-refractivity contribution in [3.63, 3.8) is 0 Å². The Bertz CT molecular complexity index is 697. The van der Waals surface area contributed by atoms with Gasteiger partial charge >= 0.3 is 0 Å². The van der Waals surface area contributed by atoms with Crippen LogP contribution in [0.15, 0.2) is 36.4 Å². The average Bonchev–Trinajstić information content (AvgIpc) is 3.00. The molecule has 0 saturated carbocycles. The summed E-state index contributed by atoms with van der Waals surface area (Å²) in [5, 5.41) is -0.394. The van der Waals surface area contributed by atoms with Gasteiger partial charge in [0, 0.05) is 13.1 Å². The number of hydrogen-bond acceptors (Lipinski definition) is 3. The van der Waals surface area contributed by atoms with E-state index in [4.69, 9.17) is 4.74 Å². The Hall–Kier alpha value is -1.17. The molecule has 0 N–H and O–H groups in total. The third kappa shape index (κ3) is 1.63. The van der Waals surface area contributed by atoms with Crippen LogP contribution >= 0.6 is 0 Å². The summed E-state index contributed by atoms with van der Waals surface area (Å²) in [7, 11) is -3.26. The molecule has 20 heavy (non-hydrogen) atoms. The molecule has 0 radical (unpaired) electrons. The third-order valence-corrected chi connectivity index (χ3v) is 6.83. The molecule has 2 bridgehead atoms. The van der Waals surface area contributed by atoms with E-state index in [0.717, 1.165) is 11.1 Å². The van der Waals surface area contributed by atoms with Gasteiger partial charge in [0.25, 0.3) is 0 Å². The molecule has 5 heteroatoms. The number of nitrogens with zero attached hydrogens (tertiary/aromatic N) is 1. The van der Waals surface area contributed by atoms with Gasteiger partial charge in [-0.2, -0.15) is 4.31 Å². The molecule has 3 atom stereocenters. The summed E-state index contributed by atoms with van der Waals surface area (Å²) in [6.45, 7) is 2.90. The lowest BCUT2D eigenvalue weighted by Gasteiger charge is -2.19. The molecule has 4 rings (SSSR count). The molecule has 1 aromatic rings. The fraction of sp³-hybridized carbons (Fsp3) is 0.467. The number of benzene rings is 1. The van der Waals surface area contributed by atoms with Gasteiger partial charge in [-0.3, -0.25) is 0 Å². The first-order chi connectivity index (χ1) is 9.49. The molecule has 106 valence electrons. The van der Waals surface area contributed by atoms with Crippen LogP contribution in [-0.2, 0) is 21.3 Å². The molecule has 2 saturated heterocycles. The summed E-state index contributed by atoms with van der Waals surface area (Å²) in [4.78, 5) is 0. The predicted molar refractivity (Wildman–Crippen MR) is 75.7 cm³/mol. The van der Waals surface area contributed by atoms with Gasteiger partial charge in [-0.25, -0.2) is 8.42 Å². The molecule has 3 heterocycles. The Morgan fingerprint density at radius 1 is 1.45 bits per heavy atom. The lowest BCUT2D eigenvalue weighted by Crippen LogP contribution is -2.36. The van der Waals surface area contributed by atoms with E-state index in [1.807, 2.05) is 43.3 Å². The van der Waals surface area contributed by atoms with E-state index in [2.05, 4.69) is 0 Å². The van der Waals surface area contributed by atoms with Gasteiger partial charge < -0.3 is 4.74 Å². The maximum absolute atomic E-state index is 12.7. The second kappa shape index (κ2) is 3.93. The molecule has 2 fully saturated rings. The van der Waals surface area contributed by atoms with E-state index < -0.39 is 20.9 Å². The highest BCUT2D eigenvalue weighted by Gasteiger charge is 2.63. The average molecular weight is 291 g/mol. The summed E-state index contributed by atoms with van der Waals surface area (Å²) in [6.07, 6.45) is 4.56. The minimum Gasteiger partial charge on any atom is -0.361 e. The first kappa shape index (κ1) is 12.6. The van der Waals surface area contributed by atoms with Crippen molar-refractivity contribution < 1.29 is 13.2 Å². The lowest BCUT2D eigenvalue weighted by molar-refractivity contribution is 0.0298.